The zero-order valence-corrected chi connectivity index (χ0v) is 11.1. The molecule has 5 nitrogen and oxygen atoms in total. The maximum absolute atomic E-state index is 11.8. The fourth-order valence-electron chi connectivity index (χ4n) is 1.87. The number of rotatable bonds is 4. The van der Waals surface area contributed by atoms with Crippen molar-refractivity contribution < 1.29 is 8.42 Å². The summed E-state index contributed by atoms with van der Waals surface area (Å²) in [6, 6.07) is 6.86. The largest absolute Gasteiger partial charge is 0.330 e. The Kier molecular flexibility index (Phi) is 3.68. The van der Waals surface area contributed by atoms with E-state index >= 15 is 0 Å². The van der Waals surface area contributed by atoms with Gasteiger partial charge in [-0.25, -0.2) is 8.42 Å². The minimum Gasteiger partial charge on any atom is -0.330 e. The predicted molar refractivity (Wildman–Crippen MR) is 71.0 cm³/mol. The average Bonchev–Trinajstić information content (AvgIpc) is 2.60. The van der Waals surface area contributed by atoms with Crippen LogP contribution in [-0.2, 0) is 10.0 Å². The van der Waals surface area contributed by atoms with Crippen molar-refractivity contribution in [2.24, 2.45) is 16.6 Å². The van der Waals surface area contributed by atoms with Crippen LogP contribution in [0.5, 0.6) is 0 Å². The second-order valence-corrected chi connectivity index (χ2v) is 6.12. The molecule has 98 valence electrons. The summed E-state index contributed by atoms with van der Waals surface area (Å²) in [4.78, 5) is 4.65. The highest BCUT2D eigenvalue weighted by Gasteiger charge is 2.29. The summed E-state index contributed by atoms with van der Waals surface area (Å²) in [5, 5.41) is 0. The van der Waals surface area contributed by atoms with Crippen molar-refractivity contribution in [2.75, 3.05) is 13.1 Å². The van der Waals surface area contributed by atoms with Crippen molar-refractivity contribution in [3.63, 3.8) is 0 Å². The lowest BCUT2D eigenvalue weighted by atomic mass is 10.1. The molecule has 1 aliphatic rings. The molecule has 6 heteroatoms. The van der Waals surface area contributed by atoms with Crippen molar-refractivity contribution in [1.29, 1.82) is 0 Å². The van der Waals surface area contributed by atoms with Crippen LogP contribution in [0.1, 0.15) is 18.9 Å². The van der Waals surface area contributed by atoms with Crippen LogP contribution in [0, 0.1) is 5.92 Å². The molecule has 1 atom stereocenters. The standard InChI is InChI=1S/C12H17N3O2S/c1-9(6-7-13)8-14-12-10-4-2-3-5-11(10)18(16,17)15-12/h2-5,9H,6-8,13H2,1H3,(H,14,15). The fourth-order valence-corrected chi connectivity index (χ4v) is 3.13. The van der Waals surface area contributed by atoms with Gasteiger partial charge in [-0.05, 0) is 31.0 Å². The summed E-state index contributed by atoms with van der Waals surface area (Å²) < 4.78 is 26.1. The first-order valence-corrected chi connectivity index (χ1v) is 7.39. The van der Waals surface area contributed by atoms with Gasteiger partial charge in [0.05, 0.1) is 4.90 Å². The Hall–Kier alpha value is -1.40. The number of benzene rings is 1. The Labute approximate surface area is 107 Å². The molecule has 0 fully saturated rings. The molecule has 1 aliphatic heterocycles. The molecule has 0 radical (unpaired) electrons. The van der Waals surface area contributed by atoms with Gasteiger partial charge in [-0.2, -0.15) is 0 Å². The van der Waals surface area contributed by atoms with E-state index < -0.39 is 10.0 Å². The molecule has 18 heavy (non-hydrogen) atoms. The van der Waals surface area contributed by atoms with E-state index in [4.69, 9.17) is 5.73 Å². The second kappa shape index (κ2) is 5.07. The molecule has 0 bridgehead atoms. The maximum atomic E-state index is 11.8. The number of fused-ring (bicyclic) bond motifs is 1. The molecule has 1 unspecified atom stereocenters. The summed E-state index contributed by atoms with van der Waals surface area (Å²) in [5.74, 6) is 0.786. The zero-order chi connectivity index (χ0) is 13.2. The Bertz CT molecular complexity index is 566. The van der Waals surface area contributed by atoms with Crippen LogP contribution in [0.2, 0.25) is 0 Å². The molecule has 0 spiro atoms. The molecule has 0 aromatic heterocycles. The highest BCUT2D eigenvalue weighted by atomic mass is 32.2. The average molecular weight is 267 g/mol. The normalized spacial score (nSPS) is 20.4. The van der Waals surface area contributed by atoms with E-state index in [1.807, 2.05) is 6.92 Å². The quantitative estimate of drug-likeness (QED) is 0.842. The molecule has 1 aromatic carbocycles. The highest BCUT2D eigenvalue weighted by Crippen LogP contribution is 2.22. The summed E-state index contributed by atoms with van der Waals surface area (Å²) in [6.45, 7) is 3.24. The van der Waals surface area contributed by atoms with Crippen molar-refractivity contribution >= 4 is 15.9 Å². The molecular weight excluding hydrogens is 250 g/mol. The van der Waals surface area contributed by atoms with Gasteiger partial charge in [-0.15, -0.1) is 0 Å². The molecule has 1 aromatic rings. The molecule has 0 aliphatic carbocycles. The number of aliphatic imine (C=N–C) groups is 1. The third kappa shape index (κ3) is 2.54. The van der Waals surface area contributed by atoms with Crippen molar-refractivity contribution in [3.05, 3.63) is 29.8 Å². The summed E-state index contributed by atoms with van der Waals surface area (Å²) in [6.07, 6.45) is 0.880. The van der Waals surface area contributed by atoms with Gasteiger partial charge in [-0.1, -0.05) is 19.1 Å². The molecule has 2 rings (SSSR count). The van der Waals surface area contributed by atoms with Gasteiger partial charge in [0.2, 0.25) is 0 Å². The SMILES string of the molecule is CC(CCN)CN=C1NS(=O)(=O)c2ccccc21. The number of sulfonamides is 1. The molecule has 0 amide bonds. The van der Waals surface area contributed by atoms with E-state index in [-0.39, 0.29) is 0 Å². The first-order valence-electron chi connectivity index (χ1n) is 5.91. The summed E-state index contributed by atoms with van der Waals surface area (Å²) in [7, 11) is -3.42. The van der Waals surface area contributed by atoms with Crippen molar-refractivity contribution in [2.45, 2.75) is 18.2 Å². The third-order valence-electron chi connectivity index (χ3n) is 2.88. The lowest BCUT2D eigenvalue weighted by molar-refractivity contribution is 0.553. The number of hydrogen-bond donors (Lipinski definition) is 2. The van der Waals surface area contributed by atoms with E-state index in [1.165, 1.54) is 0 Å². The second-order valence-electron chi connectivity index (χ2n) is 4.47. The lowest BCUT2D eigenvalue weighted by Crippen LogP contribution is -2.23. The van der Waals surface area contributed by atoms with Crippen LogP contribution in [0.4, 0.5) is 0 Å². The van der Waals surface area contributed by atoms with Gasteiger partial charge in [0.1, 0.15) is 5.84 Å². The number of nitrogens with one attached hydrogen (secondary N) is 1. The highest BCUT2D eigenvalue weighted by molar-refractivity contribution is 7.90. The van der Waals surface area contributed by atoms with Gasteiger partial charge in [0.25, 0.3) is 10.0 Å². The molecular formula is C12H17N3O2S. The maximum Gasteiger partial charge on any atom is 0.263 e. The van der Waals surface area contributed by atoms with E-state index in [2.05, 4.69) is 9.71 Å². The minimum atomic E-state index is -3.42. The smallest absolute Gasteiger partial charge is 0.263 e. The van der Waals surface area contributed by atoms with Gasteiger partial charge in [0, 0.05) is 12.1 Å². The topological polar surface area (TPSA) is 84.5 Å². The van der Waals surface area contributed by atoms with Gasteiger partial charge < -0.3 is 5.73 Å². The lowest BCUT2D eigenvalue weighted by Gasteiger charge is -2.06. The van der Waals surface area contributed by atoms with Gasteiger partial charge >= 0.3 is 0 Å². The zero-order valence-electron chi connectivity index (χ0n) is 10.3. The van der Waals surface area contributed by atoms with Crippen molar-refractivity contribution in [3.8, 4) is 0 Å². The first kappa shape index (κ1) is 13.0. The number of nitrogens with zero attached hydrogens (tertiary/aromatic N) is 1. The Morgan fingerprint density at radius 3 is 2.83 bits per heavy atom. The van der Waals surface area contributed by atoms with Crippen LogP contribution < -0.4 is 10.5 Å². The van der Waals surface area contributed by atoms with E-state index in [9.17, 15) is 8.42 Å². The van der Waals surface area contributed by atoms with E-state index in [1.54, 1.807) is 24.3 Å². The Morgan fingerprint density at radius 1 is 1.39 bits per heavy atom. The van der Waals surface area contributed by atoms with Crippen LogP contribution in [-0.4, -0.2) is 27.3 Å². The van der Waals surface area contributed by atoms with Gasteiger partial charge in [-0.3, -0.25) is 9.71 Å². The summed E-state index contributed by atoms with van der Waals surface area (Å²) >= 11 is 0. The monoisotopic (exact) mass is 267 g/mol. The van der Waals surface area contributed by atoms with Crippen LogP contribution in [0.15, 0.2) is 34.2 Å². The molecule has 0 saturated heterocycles. The molecule has 0 saturated carbocycles. The Morgan fingerprint density at radius 2 is 2.11 bits per heavy atom. The number of amidine groups is 1. The van der Waals surface area contributed by atoms with Crippen molar-refractivity contribution in [1.82, 2.24) is 4.72 Å². The number of hydrogen-bond acceptors (Lipinski definition) is 4. The Balaban J connectivity index is 2.25. The first-order chi connectivity index (χ1) is 8.54. The predicted octanol–water partition coefficient (Wildman–Crippen LogP) is 0.710. The van der Waals surface area contributed by atoms with Gasteiger partial charge in [0.15, 0.2) is 0 Å². The van der Waals surface area contributed by atoms with E-state index in [0.717, 1.165) is 6.42 Å². The van der Waals surface area contributed by atoms with Crippen LogP contribution in [0.3, 0.4) is 0 Å². The van der Waals surface area contributed by atoms with E-state index in [0.29, 0.717) is 35.3 Å². The van der Waals surface area contributed by atoms with Crippen LogP contribution in [0.25, 0.3) is 0 Å². The summed E-state index contributed by atoms with van der Waals surface area (Å²) in [5.41, 5.74) is 6.12. The fraction of sp³-hybridized carbons (Fsp3) is 0.417. The molecule has 3 N–H and O–H groups in total. The van der Waals surface area contributed by atoms with Crippen LogP contribution >= 0.6 is 0 Å². The third-order valence-corrected chi connectivity index (χ3v) is 4.28. The molecule has 1 heterocycles. The number of nitrogens with two attached hydrogens (primary N) is 1. The minimum absolute atomic E-state index is 0.301.